The minimum atomic E-state index is -0.0487. The zero-order chi connectivity index (χ0) is 24.1. The molecule has 0 spiro atoms. The molecule has 0 amide bonds. The van der Waals surface area contributed by atoms with Gasteiger partial charge in [0.1, 0.15) is 11.6 Å². The van der Waals surface area contributed by atoms with Crippen LogP contribution in [-0.2, 0) is 6.54 Å². The quantitative estimate of drug-likeness (QED) is 0.219. The number of fused-ring (bicyclic) bond motifs is 1. The topological polar surface area (TPSA) is 53.3 Å². The molecule has 3 aromatic carbocycles. The van der Waals surface area contributed by atoms with Crippen LogP contribution in [0.2, 0.25) is 15.1 Å². The van der Waals surface area contributed by atoms with E-state index in [9.17, 15) is 4.79 Å². The lowest BCUT2D eigenvalue weighted by Gasteiger charge is -2.14. The number of benzene rings is 3. The molecule has 0 atom stereocenters. The van der Waals surface area contributed by atoms with Crippen molar-refractivity contribution in [1.82, 2.24) is 9.55 Å². The molecule has 0 unspecified atom stereocenters. The molecule has 0 aliphatic rings. The highest BCUT2D eigenvalue weighted by atomic mass is 35.5. The molecule has 0 aliphatic carbocycles. The smallest absolute Gasteiger partial charge is 0.261 e. The fourth-order valence-corrected chi connectivity index (χ4v) is 4.65. The molecule has 0 saturated carbocycles. The van der Waals surface area contributed by atoms with Crippen LogP contribution in [0.4, 0.5) is 0 Å². The SMILES string of the molecule is COc1ccc(-c2nc3ccccc3c(=O)n2CCCCCOc2c(Cl)cc(Cl)cc2Cl)cc1. The molecule has 0 bridgehead atoms. The highest BCUT2D eigenvalue weighted by Crippen LogP contribution is 2.35. The molecule has 0 N–H and O–H groups in total. The van der Waals surface area contributed by atoms with Gasteiger partial charge in [0.15, 0.2) is 5.75 Å². The highest BCUT2D eigenvalue weighted by molar-refractivity contribution is 6.40. The molecule has 0 saturated heterocycles. The Balaban J connectivity index is 1.47. The first kappa shape index (κ1) is 24.4. The number of unbranched alkanes of at least 4 members (excludes halogenated alkanes) is 2. The van der Waals surface area contributed by atoms with E-state index in [2.05, 4.69) is 0 Å². The van der Waals surface area contributed by atoms with Crippen molar-refractivity contribution in [2.75, 3.05) is 13.7 Å². The summed E-state index contributed by atoms with van der Waals surface area (Å²) in [6, 6.07) is 18.2. The summed E-state index contributed by atoms with van der Waals surface area (Å²) >= 11 is 18.3. The van der Waals surface area contributed by atoms with E-state index in [0.29, 0.717) is 50.7 Å². The molecule has 4 rings (SSSR count). The van der Waals surface area contributed by atoms with Gasteiger partial charge in [0.25, 0.3) is 5.56 Å². The van der Waals surface area contributed by atoms with E-state index in [1.54, 1.807) is 23.8 Å². The normalized spacial score (nSPS) is 11.1. The van der Waals surface area contributed by atoms with Gasteiger partial charge in [-0.05, 0) is 67.8 Å². The van der Waals surface area contributed by atoms with Crippen molar-refractivity contribution >= 4 is 45.7 Å². The van der Waals surface area contributed by atoms with Gasteiger partial charge in [0.05, 0.1) is 34.7 Å². The Morgan fingerprint density at radius 3 is 2.32 bits per heavy atom. The van der Waals surface area contributed by atoms with Crippen LogP contribution in [0.3, 0.4) is 0 Å². The third-order valence-corrected chi connectivity index (χ3v) is 6.23. The fraction of sp³-hybridized carbons (Fsp3) is 0.231. The van der Waals surface area contributed by atoms with Crippen LogP contribution >= 0.6 is 34.8 Å². The van der Waals surface area contributed by atoms with Crippen molar-refractivity contribution in [2.24, 2.45) is 0 Å². The van der Waals surface area contributed by atoms with Gasteiger partial charge in [-0.15, -0.1) is 0 Å². The summed E-state index contributed by atoms with van der Waals surface area (Å²) < 4.78 is 12.8. The number of para-hydroxylation sites is 1. The van der Waals surface area contributed by atoms with Gasteiger partial charge < -0.3 is 9.47 Å². The molecule has 4 aromatic rings. The summed E-state index contributed by atoms with van der Waals surface area (Å²) in [4.78, 5) is 18.1. The number of rotatable bonds is 9. The molecule has 34 heavy (non-hydrogen) atoms. The third kappa shape index (κ3) is 5.49. The Morgan fingerprint density at radius 1 is 0.912 bits per heavy atom. The van der Waals surface area contributed by atoms with Crippen LogP contribution in [0.1, 0.15) is 19.3 Å². The van der Waals surface area contributed by atoms with E-state index in [1.165, 1.54) is 0 Å². The Kier molecular flexibility index (Phi) is 7.99. The predicted molar refractivity (Wildman–Crippen MR) is 139 cm³/mol. The maximum Gasteiger partial charge on any atom is 0.261 e. The van der Waals surface area contributed by atoms with Gasteiger partial charge in [-0.3, -0.25) is 9.36 Å². The molecular formula is C26H23Cl3N2O3. The third-order valence-electron chi connectivity index (χ3n) is 5.45. The van der Waals surface area contributed by atoms with E-state index < -0.39 is 0 Å². The first-order valence-electron chi connectivity index (χ1n) is 10.9. The first-order valence-corrected chi connectivity index (χ1v) is 12.0. The van der Waals surface area contributed by atoms with E-state index in [4.69, 9.17) is 49.3 Å². The van der Waals surface area contributed by atoms with Gasteiger partial charge in [0.2, 0.25) is 0 Å². The van der Waals surface area contributed by atoms with E-state index in [-0.39, 0.29) is 5.56 Å². The Bertz CT molecular complexity index is 1330. The average molecular weight is 518 g/mol. The zero-order valence-corrected chi connectivity index (χ0v) is 20.8. The second kappa shape index (κ2) is 11.1. The Labute approximate surface area is 212 Å². The molecule has 8 heteroatoms. The van der Waals surface area contributed by atoms with Crippen molar-refractivity contribution in [1.29, 1.82) is 0 Å². The minimum Gasteiger partial charge on any atom is -0.497 e. The highest BCUT2D eigenvalue weighted by Gasteiger charge is 2.13. The first-order chi connectivity index (χ1) is 16.5. The molecule has 5 nitrogen and oxygen atoms in total. The van der Waals surface area contributed by atoms with Gasteiger partial charge in [-0.2, -0.15) is 0 Å². The van der Waals surface area contributed by atoms with Crippen LogP contribution < -0.4 is 15.0 Å². The molecule has 1 aromatic heterocycles. The van der Waals surface area contributed by atoms with Crippen molar-refractivity contribution in [3.63, 3.8) is 0 Å². The van der Waals surface area contributed by atoms with Crippen LogP contribution in [-0.4, -0.2) is 23.3 Å². The van der Waals surface area contributed by atoms with Gasteiger partial charge in [0, 0.05) is 17.1 Å². The van der Waals surface area contributed by atoms with Crippen LogP contribution in [0.15, 0.2) is 65.5 Å². The Hall–Kier alpha value is -2.73. The van der Waals surface area contributed by atoms with Gasteiger partial charge >= 0.3 is 0 Å². The summed E-state index contributed by atoms with van der Waals surface area (Å²) in [7, 11) is 1.62. The lowest BCUT2D eigenvalue weighted by Crippen LogP contribution is -2.23. The van der Waals surface area contributed by atoms with Crippen molar-refractivity contribution in [2.45, 2.75) is 25.8 Å². The molecule has 0 fully saturated rings. The number of hydrogen-bond acceptors (Lipinski definition) is 4. The van der Waals surface area contributed by atoms with Crippen molar-refractivity contribution < 1.29 is 9.47 Å². The largest absolute Gasteiger partial charge is 0.497 e. The number of methoxy groups -OCH3 is 1. The molecule has 1 heterocycles. The standard InChI is InChI=1S/C26H23Cl3N2O3/c1-33-19-11-9-17(10-12-19)25-30-23-8-4-3-7-20(23)26(32)31(25)13-5-2-6-14-34-24-21(28)15-18(27)16-22(24)29/h3-4,7-12,15-16H,2,5-6,13-14H2,1H3. The fourth-order valence-electron chi connectivity index (χ4n) is 3.73. The number of aromatic nitrogens is 2. The van der Waals surface area contributed by atoms with Crippen molar-refractivity contribution in [3.8, 4) is 22.9 Å². The van der Waals surface area contributed by atoms with E-state index in [1.807, 2.05) is 48.5 Å². The average Bonchev–Trinajstić information content (AvgIpc) is 2.83. The molecule has 176 valence electrons. The maximum absolute atomic E-state index is 13.3. The summed E-state index contributed by atoms with van der Waals surface area (Å²) in [5.74, 6) is 1.83. The minimum absolute atomic E-state index is 0.0487. The molecular weight excluding hydrogens is 495 g/mol. The maximum atomic E-state index is 13.3. The predicted octanol–water partition coefficient (Wildman–Crippen LogP) is 7.28. The van der Waals surface area contributed by atoms with Gasteiger partial charge in [-0.25, -0.2) is 4.98 Å². The summed E-state index contributed by atoms with van der Waals surface area (Å²) in [6.07, 6.45) is 2.42. The lowest BCUT2D eigenvalue weighted by molar-refractivity contribution is 0.304. The molecule has 0 radical (unpaired) electrons. The second-order valence-electron chi connectivity index (χ2n) is 7.75. The monoisotopic (exact) mass is 516 g/mol. The lowest BCUT2D eigenvalue weighted by atomic mass is 10.1. The van der Waals surface area contributed by atoms with E-state index >= 15 is 0 Å². The number of halogens is 3. The Morgan fingerprint density at radius 2 is 1.62 bits per heavy atom. The van der Waals surface area contributed by atoms with E-state index in [0.717, 1.165) is 30.6 Å². The van der Waals surface area contributed by atoms with Crippen molar-refractivity contribution in [3.05, 3.63) is 86.1 Å². The van der Waals surface area contributed by atoms with Crippen LogP contribution in [0.25, 0.3) is 22.3 Å². The number of hydrogen-bond donors (Lipinski definition) is 0. The van der Waals surface area contributed by atoms with Gasteiger partial charge in [-0.1, -0.05) is 46.9 Å². The summed E-state index contributed by atoms with van der Waals surface area (Å²) in [6.45, 7) is 0.998. The second-order valence-corrected chi connectivity index (χ2v) is 9.00. The number of nitrogens with zero attached hydrogens (tertiary/aromatic N) is 2. The summed E-state index contributed by atoms with van der Waals surface area (Å²) in [5, 5.41) is 1.84. The van der Waals surface area contributed by atoms with Crippen LogP contribution in [0, 0.1) is 0 Å². The summed E-state index contributed by atoms with van der Waals surface area (Å²) in [5.41, 5.74) is 1.49. The number of ether oxygens (including phenoxy) is 2. The molecule has 0 aliphatic heterocycles. The zero-order valence-electron chi connectivity index (χ0n) is 18.6. The van der Waals surface area contributed by atoms with Crippen LogP contribution in [0.5, 0.6) is 11.5 Å².